The number of H-pyrrole nitrogens is 1. The molecule has 4 aromatic rings. The molecule has 0 radical (unpaired) electrons. The van der Waals surface area contributed by atoms with Gasteiger partial charge in [-0.25, -0.2) is 28.7 Å². The Morgan fingerprint density at radius 3 is 2.42 bits per heavy atom. The molecule has 20 nitrogen and oxygen atoms in total. The van der Waals surface area contributed by atoms with Crippen molar-refractivity contribution in [3.05, 3.63) is 29.3 Å². The fraction of sp³-hybridized carbons (Fsp3) is 0.545. The molecule has 9 N–H and O–H groups in total. The van der Waals surface area contributed by atoms with Crippen LogP contribution in [0.3, 0.4) is 0 Å². The number of aliphatic hydroxyl groups is 1. The van der Waals surface area contributed by atoms with Crippen molar-refractivity contribution in [2.24, 2.45) is 5.92 Å². The number of halogens is 2. The fourth-order valence-electron chi connectivity index (χ4n) is 5.47. The van der Waals surface area contributed by atoms with E-state index in [9.17, 15) is 24.6 Å². The smallest absolute Gasteiger partial charge is 0.324 e. The van der Waals surface area contributed by atoms with Crippen LogP contribution in [0.4, 0.5) is 20.5 Å². The first-order valence-electron chi connectivity index (χ1n) is 13.8. The van der Waals surface area contributed by atoms with Gasteiger partial charge in [0.05, 0.1) is 45.5 Å². The summed E-state index contributed by atoms with van der Waals surface area (Å²) in [5.41, 5.74) is 9.48. The molecule has 6 atom stereocenters. The lowest BCUT2D eigenvalue weighted by molar-refractivity contribution is -0.135. The Morgan fingerprint density at radius 2 is 1.71 bits per heavy atom. The molecule has 6 heterocycles. The number of aromatic amines is 1. The van der Waals surface area contributed by atoms with E-state index < -0.39 is 87.8 Å². The zero-order valence-corrected chi connectivity index (χ0v) is 27.7. The van der Waals surface area contributed by atoms with E-state index >= 15 is 8.78 Å². The second-order valence-electron chi connectivity index (χ2n) is 11.0. The van der Waals surface area contributed by atoms with Crippen molar-refractivity contribution < 1.29 is 51.6 Å². The predicted octanol–water partition coefficient (Wildman–Crippen LogP) is -0.211. The van der Waals surface area contributed by atoms with Gasteiger partial charge in [-0.1, -0.05) is 0 Å². The summed E-state index contributed by atoms with van der Waals surface area (Å²) in [6.07, 6.45) is -1.22. The molecule has 48 heavy (non-hydrogen) atoms. The number of ether oxygens (including phenoxy) is 2. The molecule has 4 aromatic heterocycles. The van der Waals surface area contributed by atoms with E-state index in [4.69, 9.17) is 46.3 Å². The monoisotopic (exact) mass is 756 g/mol. The molecule has 0 amide bonds. The molecule has 0 spiro atoms. The van der Waals surface area contributed by atoms with E-state index in [1.165, 1.54) is 17.2 Å². The average Bonchev–Trinajstić information content (AvgIpc) is 3.77. The molecule has 0 bridgehead atoms. The summed E-state index contributed by atoms with van der Waals surface area (Å²) < 4.78 is 60.1. The van der Waals surface area contributed by atoms with Gasteiger partial charge in [0.25, 0.3) is 11.5 Å². The highest BCUT2D eigenvalue weighted by molar-refractivity contribution is 8.07. The van der Waals surface area contributed by atoms with Crippen LogP contribution < -0.4 is 17.0 Å². The quantitative estimate of drug-likeness (QED) is 0.0920. The lowest BCUT2D eigenvalue weighted by atomic mass is 9.89. The van der Waals surface area contributed by atoms with E-state index in [1.54, 1.807) is 0 Å². The molecule has 0 aromatic carbocycles. The number of anilines is 2. The number of nitrogens with two attached hydrogens (primary N) is 2. The Kier molecular flexibility index (Phi) is 9.43. The summed E-state index contributed by atoms with van der Waals surface area (Å²) in [6.45, 7) is -11.2. The third-order valence-electron chi connectivity index (χ3n) is 7.87. The van der Waals surface area contributed by atoms with Crippen molar-refractivity contribution in [1.82, 2.24) is 39.0 Å². The Bertz CT molecular complexity index is 2000. The van der Waals surface area contributed by atoms with Crippen LogP contribution in [0.25, 0.3) is 22.3 Å². The van der Waals surface area contributed by atoms with Gasteiger partial charge in [0.2, 0.25) is 5.95 Å². The van der Waals surface area contributed by atoms with Crippen LogP contribution in [0.15, 0.2) is 23.8 Å². The van der Waals surface area contributed by atoms with Gasteiger partial charge in [0, 0.05) is 12.3 Å². The minimum absolute atomic E-state index is 0.0418. The number of nitrogens with zero attached hydrogens (tertiary/aromatic N) is 7. The maximum Gasteiger partial charge on any atom is 0.324 e. The first kappa shape index (κ1) is 35.1. The third kappa shape index (κ3) is 6.99. The van der Waals surface area contributed by atoms with Gasteiger partial charge in [-0.2, -0.15) is 4.98 Å². The number of imidazole rings is 2. The standard InChI is InChI=1S/C22H28F2N10O10P2S2/c23-22(24)2-13(34-9-30-15-18(34)31-20(26)32-19(15)36)43-11(22)4-41-46(39,48)40-3-10-1-12(44-21(10,5-35)6-42-45(37,38)47)33-8-29-14-16(25)27-7-28-17(14)33/h7-13,35H,1-6H2,(H,39,48)(H2,25,27,28)(H2,37,38,47)(H3,26,31,32,36)/t10-,11-,12-,13-,21-,46?/m1/s1. The Hall–Kier alpha value is -2.70. The maximum atomic E-state index is 15.0. The van der Waals surface area contributed by atoms with Gasteiger partial charge < -0.3 is 54.3 Å². The molecule has 2 fully saturated rings. The Morgan fingerprint density at radius 1 is 1.02 bits per heavy atom. The second kappa shape index (κ2) is 12.9. The van der Waals surface area contributed by atoms with Crippen LogP contribution in [-0.4, -0.2) is 103 Å². The minimum Gasteiger partial charge on any atom is -0.393 e. The summed E-state index contributed by atoms with van der Waals surface area (Å²) in [4.78, 5) is 64.7. The van der Waals surface area contributed by atoms with Crippen LogP contribution in [0, 0.1) is 5.92 Å². The molecular weight excluding hydrogens is 728 g/mol. The Labute approximate surface area is 277 Å². The van der Waals surface area contributed by atoms with E-state index in [0.717, 1.165) is 10.9 Å². The number of aromatic nitrogens is 8. The van der Waals surface area contributed by atoms with Crippen molar-refractivity contribution in [1.29, 1.82) is 0 Å². The third-order valence-corrected chi connectivity index (χ3v) is 10.2. The minimum atomic E-state index is -4.25. The summed E-state index contributed by atoms with van der Waals surface area (Å²) in [6, 6.07) is 0. The highest BCUT2D eigenvalue weighted by atomic mass is 32.5. The van der Waals surface area contributed by atoms with Gasteiger partial charge in [-0.15, -0.1) is 0 Å². The molecule has 1 unspecified atom stereocenters. The molecule has 0 saturated carbocycles. The first-order chi connectivity index (χ1) is 22.5. The largest absolute Gasteiger partial charge is 0.393 e. The summed E-state index contributed by atoms with van der Waals surface area (Å²) in [5.74, 6) is -4.50. The SMILES string of the molecule is Nc1nc2c(ncn2[C@H]2CC(F)(F)[C@@H](COP(O)(=S)OC[C@H]3C[C@H](n4cnc5c(N)ncnc54)O[C@]3(CO)COP(O)(O)=S)O2)c(=O)[nH]1. The topological polar surface area (TPSA) is 286 Å². The van der Waals surface area contributed by atoms with Gasteiger partial charge in [0.15, 0.2) is 22.6 Å². The van der Waals surface area contributed by atoms with Gasteiger partial charge in [0.1, 0.15) is 36.0 Å². The summed E-state index contributed by atoms with van der Waals surface area (Å²) in [5, 5.41) is 10.4. The summed E-state index contributed by atoms with van der Waals surface area (Å²) in [7, 11) is 0. The number of nitrogen functional groups attached to an aromatic ring is 2. The van der Waals surface area contributed by atoms with Crippen LogP contribution in [0.5, 0.6) is 0 Å². The van der Waals surface area contributed by atoms with Crippen LogP contribution in [0.2, 0.25) is 0 Å². The molecule has 0 aliphatic carbocycles. The predicted molar refractivity (Wildman–Crippen MR) is 167 cm³/mol. The molecule has 2 saturated heterocycles. The lowest BCUT2D eigenvalue weighted by Gasteiger charge is -2.33. The molecule has 26 heteroatoms. The lowest BCUT2D eigenvalue weighted by Crippen LogP contribution is -2.45. The Balaban J connectivity index is 1.15. The number of hydrogen-bond donors (Lipinski definition) is 7. The van der Waals surface area contributed by atoms with E-state index in [0.29, 0.717) is 0 Å². The molecule has 262 valence electrons. The highest BCUT2D eigenvalue weighted by Crippen LogP contribution is 2.51. The van der Waals surface area contributed by atoms with Crippen molar-refractivity contribution in [3.8, 4) is 0 Å². The molecular formula is C22H28F2N10O10P2S2. The normalized spacial score (nSPS) is 27.2. The number of fused-ring (bicyclic) bond motifs is 2. The average molecular weight is 757 g/mol. The number of hydrogen-bond acceptors (Lipinski definition) is 16. The highest BCUT2D eigenvalue weighted by Gasteiger charge is 2.53. The zero-order chi connectivity index (χ0) is 34.6. The van der Waals surface area contributed by atoms with Crippen LogP contribution >= 0.6 is 13.4 Å². The van der Waals surface area contributed by atoms with E-state index in [2.05, 4.69) is 41.7 Å². The van der Waals surface area contributed by atoms with Crippen LogP contribution in [0.1, 0.15) is 25.3 Å². The van der Waals surface area contributed by atoms with Gasteiger partial charge >= 0.3 is 13.4 Å². The zero-order valence-electron chi connectivity index (χ0n) is 24.3. The molecule has 2 aliphatic heterocycles. The van der Waals surface area contributed by atoms with Gasteiger partial charge in [-0.3, -0.25) is 18.9 Å². The van der Waals surface area contributed by atoms with Crippen molar-refractivity contribution in [2.75, 3.05) is 37.9 Å². The fourth-order valence-corrected chi connectivity index (χ4v) is 7.14. The molecule has 6 rings (SSSR count). The van der Waals surface area contributed by atoms with Crippen molar-refractivity contribution in [2.45, 2.75) is 42.9 Å². The van der Waals surface area contributed by atoms with E-state index in [1.807, 2.05) is 0 Å². The number of aliphatic hydroxyl groups excluding tert-OH is 1. The number of alkyl halides is 2. The number of rotatable bonds is 12. The maximum absolute atomic E-state index is 15.0. The second-order valence-corrected chi connectivity index (χ2v) is 16.5. The van der Waals surface area contributed by atoms with Gasteiger partial charge in [-0.05, 0) is 23.6 Å². The summed E-state index contributed by atoms with van der Waals surface area (Å²) >= 11 is 9.64. The van der Waals surface area contributed by atoms with Crippen molar-refractivity contribution in [3.63, 3.8) is 0 Å². The molecule has 2 aliphatic rings. The van der Waals surface area contributed by atoms with Crippen molar-refractivity contribution >= 4 is 71.1 Å². The first-order valence-corrected chi connectivity index (χ1v) is 19.0. The van der Waals surface area contributed by atoms with E-state index in [-0.39, 0.29) is 40.5 Å². The number of nitrogens with one attached hydrogen (secondary N) is 1. The van der Waals surface area contributed by atoms with Crippen LogP contribution in [-0.2, 0) is 46.7 Å².